The summed E-state index contributed by atoms with van der Waals surface area (Å²) in [6, 6.07) is 4.87. The number of benzene rings is 1. The van der Waals surface area contributed by atoms with Crippen molar-refractivity contribution in [3.05, 3.63) is 23.8 Å². The van der Waals surface area contributed by atoms with Crippen molar-refractivity contribution in [3.8, 4) is 11.5 Å². The van der Waals surface area contributed by atoms with Crippen LogP contribution in [0.25, 0.3) is 0 Å². The molecule has 1 heterocycles. The summed E-state index contributed by atoms with van der Waals surface area (Å²) >= 11 is 0. The molecule has 0 unspecified atom stereocenters. The van der Waals surface area contributed by atoms with E-state index in [1.54, 1.807) is 25.1 Å². The van der Waals surface area contributed by atoms with E-state index in [9.17, 15) is 30.3 Å². The van der Waals surface area contributed by atoms with Gasteiger partial charge in [-0.1, -0.05) is 38.5 Å². The average molecular weight is 561 g/mol. The minimum Gasteiger partial charge on any atom is -0.546 e. The zero-order chi connectivity index (χ0) is 27.2. The van der Waals surface area contributed by atoms with Gasteiger partial charge in [-0.05, 0) is 56.2 Å². The Morgan fingerprint density at radius 1 is 0.949 bits per heavy atom. The van der Waals surface area contributed by atoms with Crippen LogP contribution in [-0.2, 0) is 20.9 Å². The molecule has 2 saturated carbocycles. The Hall–Kier alpha value is -0.950. The predicted molar refractivity (Wildman–Crippen MR) is 133 cm³/mol. The van der Waals surface area contributed by atoms with E-state index in [2.05, 4.69) is 0 Å². The molecular formula is C28H41NaO10. The predicted octanol–water partition coefficient (Wildman–Crippen LogP) is -1.82. The number of carbonyl (C=O) groups is 1. The van der Waals surface area contributed by atoms with Crippen LogP contribution in [0.2, 0.25) is 0 Å². The fourth-order valence-corrected chi connectivity index (χ4v) is 5.77. The second-order valence-electron chi connectivity index (χ2n) is 10.9. The van der Waals surface area contributed by atoms with Gasteiger partial charge in [0.05, 0.1) is 24.8 Å². The Kier molecular flexibility index (Phi) is 12.8. The van der Waals surface area contributed by atoms with Crippen molar-refractivity contribution < 1.29 is 78.8 Å². The average Bonchev–Trinajstić information content (AvgIpc) is 2.91. The molecule has 0 spiro atoms. The third-order valence-electron chi connectivity index (χ3n) is 7.98. The summed E-state index contributed by atoms with van der Waals surface area (Å²) in [6.07, 6.45) is 0.955. The second-order valence-corrected chi connectivity index (χ2v) is 10.9. The number of rotatable bonds is 10. The minimum atomic E-state index is -1.41. The van der Waals surface area contributed by atoms with Gasteiger partial charge in [0.1, 0.15) is 42.0 Å². The number of aliphatic carboxylic acids is 1. The summed E-state index contributed by atoms with van der Waals surface area (Å²) in [4.78, 5) is 11.9. The quantitative estimate of drug-likeness (QED) is 0.240. The molecule has 0 amide bonds. The SMILES string of the molecule is C[C@@H]1O[C@@H](O[C@@H]2CCCC[C@H]2Oc2cc(CO)cc(O[C@@H](CC3CCCCC3)C(=O)[O-])c2)[C@@H](O)[C@H](O)[C@@H]1O.[Na+]. The van der Waals surface area contributed by atoms with Gasteiger partial charge in [0.2, 0.25) is 0 Å². The van der Waals surface area contributed by atoms with E-state index < -0.39 is 55.0 Å². The van der Waals surface area contributed by atoms with Gasteiger partial charge in [0.25, 0.3) is 0 Å². The molecule has 0 radical (unpaired) electrons. The third kappa shape index (κ3) is 8.77. The number of carboxylic acid groups (broad SMARTS) is 1. The molecule has 11 heteroatoms. The van der Waals surface area contributed by atoms with Gasteiger partial charge in [-0.25, -0.2) is 0 Å². The van der Waals surface area contributed by atoms with E-state index in [4.69, 9.17) is 18.9 Å². The van der Waals surface area contributed by atoms with E-state index in [1.165, 1.54) is 6.42 Å². The summed E-state index contributed by atoms with van der Waals surface area (Å²) in [6.45, 7) is 1.32. The van der Waals surface area contributed by atoms with Crippen molar-refractivity contribution in [1.29, 1.82) is 0 Å². The number of ether oxygens (including phenoxy) is 4. The number of aliphatic hydroxyl groups is 4. The maximum atomic E-state index is 11.9. The maximum absolute atomic E-state index is 11.9. The van der Waals surface area contributed by atoms with Crippen molar-refractivity contribution in [3.63, 3.8) is 0 Å². The normalized spacial score (nSPS) is 32.6. The number of aliphatic hydroxyl groups excluding tert-OH is 4. The largest absolute Gasteiger partial charge is 1.00 e. The van der Waals surface area contributed by atoms with Gasteiger partial charge in [-0.2, -0.15) is 0 Å². The molecule has 0 aromatic heterocycles. The number of hydrogen-bond acceptors (Lipinski definition) is 10. The van der Waals surface area contributed by atoms with Gasteiger partial charge < -0.3 is 49.3 Å². The summed E-state index contributed by atoms with van der Waals surface area (Å²) in [7, 11) is 0. The first kappa shape index (κ1) is 32.6. The van der Waals surface area contributed by atoms with E-state index in [0.29, 0.717) is 30.6 Å². The van der Waals surface area contributed by atoms with Crippen LogP contribution in [0.4, 0.5) is 0 Å². The first-order chi connectivity index (χ1) is 18.2. The monoisotopic (exact) mass is 560 g/mol. The summed E-state index contributed by atoms with van der Waals surface area (Å²) in [5.74, 6) is -0.304. The third-order valence-corrected chi connectivity index (χ3v) is 7.98. The fraction of sp³-hybridized carbons (Fsp3) is 0.750. The molecule has 214 valence electrons. The van der Waals surface area contributed by atoms with Crippen LogP contribution >= 0.6 is 0 Å². The van der Waals surface area contributed by atoms with Gasteiger partial charge in [0, 0.05) is 6.07 Å². The summed E-state index contributed by atoms with van der Waals surface area (Å²) in [5.41, 5.74) is 0.512. The second kappa shape index (κ2) is 15.3. The molecule has 4 rings (SSSR count). The molecule has 1 aromatic rings. The Bertz CT molecular complexity index is 910. The minimum absolute atomic E-state index is 0. The summed E-state index contributed by atoms with van der Waals surface area (Å²) in [5, 5.41) is 52.2. The van der Waals surface area contributed by atoms with Crippen LogP contribution in [0, 0.1) is 5.92 Å². The molecule has 1 aliphatic heterocycles. The Morgan fingerprint density at radius 3 is 2.26 bits per heavy atom. The van der Waals surface area contributed by atoms with Crippen LogP contribution in [0.5, 0.6) is 11.5 Å². The molecular weight excluding hydrogens is 519 g/mol. The van der Waals surface area contributed by atoms with Crippen molar-refractivity contribution in [2.45, 2.75) is 127 Å². The molecule has 1 saturated heterocycles. The molecule has 1 aromatic carbocycles. The zero-order valence-corrected chi connectivity index (χ0v) is 24.9. The number of carbonyl (C=O) groups excluding carboxylic acids is 1. The van der Waals surface area contributed by atoms with E-state index in [-0.39, 0.29) is 47.8 Å². The molecule has 0 bridgehead atoms. The van der Waals surface area contributed by atoms with E-state index in [0.717, 1.165) is 38.5 Å². The smallest absolute Gasteiger partial charge is 0.546 e. The van der Waals surface area contributed by atoms with E-state index >= 15 is 0 Å². The molecule has 2 aliphatic carbocycles. The number of carboxylic acids is 1. The Labute approximate surface area is 251 Å². The van der Waals surface area contributed by atoms with Gasteiger partial charge >= 0.3 is 29.6 Å². The summed E-state index contributed by atoms with van der Waals surface area (Å²) < 4.78 is 23.8. The van der Waals surface area contributed by atoms with Gasteiger partial charge in [0.15, 0.2) is 6.29 Å². The Morgan fingerprint density at radius 2 is 1.59 bits per heavy atom. The molecule has 10 nitrogen and oxygen atoms in total. The standard InChI is InChI=1S/C28H42O10.Na/c1-16-24(30)25(31)26(32)28(35-16)38-22-10-6-5-9-21(22)36-19-11-18(15-29)12-20(14-19)37-23(27(33)34)13-17-7-3-2-4-8-17;/h11-12,14,16-17,21-26,28-32H,2-10,13,15H2,1H3,(H,33,34);/q;+1/p-1/t16-,21+,22+,23-,24+,25+,26-,28-;/m0./s1. The molecule has 3 fully saturated rings. The molecule has 4 N–H and O–H groups in total. The van der Waals surface area contributed by atoms with E-state index in [1.807, 2.05) is 0 Å². The first-order valence-electron chi connectivity index (χ1n) is 13.9. The zero-order valence-electron chi connectivity index (χ0n) is 22.9. The van der Waals surface area contributed by atoms with Crippen LogP contribution in [0.15, 0.2) is 18.2 Å². The molecule has 3 aliphatic rings. The topological polar surface area (TPSA) is 158 Å². The Balaban J connectivity index is 0.00000420. The van der Waals surface area contributed by atoms with Gasteiger partial charge in [-0.15, -0.1) is 0 Å². The molecule has 8 atom stereocenters. The van der Waals surface area contributed by atoms with Crippen LogP contribution in [-0.4, -0.2) is 75.4 Å². The van der Waals surface area contributed by atoms with Crippen molar-refractivity contribution in [2.24, 2.45) is 5.92 Å². The van der Waals surface area contributed by atoms with Crippen molar-refractivity contribution in [1.82, 2.24) is 0 Å². The van der Waals surface area contributed by atoms with Crippen molar-refractivity contribution in [2.75, 3.05) is 0 Å². The molecule has 39 heavy (non-hydrogen) atoms. The maximum Gasteiger partial charge on any atom is 1.00 e. The van der Waals surface area contributed by atoms with Crippen LogP contribution in [0.3, 0.4) is 0 Å². The first-order valence-corrected chi connectivity index (χ1v) is 13.9. The van der Waals surface area contributed by atoms with Crippen LogP contribution in [0.1, 0.15) is 76.7 Å². The van der Waals surface area contributed by atoms with Crippen LogP contribution < -0.4 is 44.1 Å². The number of hydrogen-bond donors (Lipinski definition) is 4. The van der Waals surface area contributed by atoms with Gasteiger partial charge in [-0.3, -0.25) is 0 Å². The fourth-order valence-electron chi connectivity index (χ4n) is 5.77. The van der Waals surface area contributed by atoms with Crippen molar-refractivity contribution >= 4 is 5.97 Å².